The quantitative estimate of drug-likeness (QED) is 0.234. The summed E-state index contributed by atoms with van der Waals surface area (Å²) in [5.74, 6) is 0.493. The molecule has 1 saturated heterocycles. The lowest BCUT2D eigenvalue weighted by Crippen LogP contribution is -2.38. The number of fused-ring (bicyclic) bond motifs is 1. The molecule has 0 saturated carbocycles. The van der Waals surface area contributed by atoms with E-state index in [1.165, 1.54) is 12.1 Å². The first kappa shape index (κ1) is 23.6. The Morgan fingerprint density at radius 3 is 2.44 bits per heavy atom. The van der Waals surface area contributed by atoms with Gasteiger partial charge < -0.3 is 23.9 Å². The minimum Gasteiger partial charge on any atom is -0.492 e. The molecule has 1 aliphatic heterocycles. The SMILES string of the molecule is O=C(NO)c1ccc(OCCNC(=O)c2cc3ccc(OCCN4CCOCC4)cc3o2)cc1. The minimum absolute atomic E-state index is 0.208. The van der Waals surface area contributed by atoms with Gasteiger partial charge in [0, 0.05) is 36.7 Å². The number of amides is 2. The van der Waals surface area contributed by atoms with Crippen molar-refractivity contribution in [2.24, 2.45) is 0 Å². The van der Waals surface area contributed by atoms with Gasteiger partial charge in [-0.1, -0.05) is 0 Å². The van der Waals surface area contributed by atoms with Crippen molar-refractivity contribution in [2.75, 3.05) is 52.6 Å². The van der Waals surface area contributed by atoms with Gasteiger partial charge in [0.25, 0.3) is 11.8 Å². The molecule has 3 aromatic rings. The summed E-state index contributed by atoms with van der Waals surface area (Å²) in [5.41, 5.74) is 2.45. The number of hydroxylamine groups is 1. The zero-order valence-corrected chi connectivity index (χ0v) is 18.6. The summed E-state index contributed by atoms with van der Waals surface area (Å²) >= 11 is 0. The number of carbonyl (C=O) groups is 2. The van der Waals surface area contributed by atoms with Crippen molar-refractivity contribution in [2.45, 2.75) is 0 Å². The summed E-state index contributed by atoms with van der Waals surface area (Å²) in [6.45, 7) is 5.25. The van der Waals surface area contributed by atoms with E-state index in [1.54, 1.807) is 29.7 Å². The van der Waals surface area contributed by atoms with Crippen LogP contribution in [0.2, 0.25) is 0 Å². The zero-order valence-electron chi connectivity index (χ0n) is 18.6. The molecule has 2 aromatic carbocycles. The molecule has 0 spiro atoms. The van der Waals surface area contributed by atoms with Crippen LogP contribution in [0.1, 0.15) is 20.9 Å². The fourth-order valence-corrected chi connectivity index (χ4v) is 3.52. The largest absolute Gasteiger partial charge is 0.492 e. The summed E-state index contributed by atoms with van der Waals surface area (Å²) in [5, 5.41) is 12.2. The Morgan fingerprint density at radius 1 is 0.941 bits per heavy atom. The second-order valence-corrected chi connectivity index (χ2v) is 7.68. The van der Waals surface area contributed by atoms with Crippen LogP contribution in [-0.2, 0) is 4.74 Å². The molecule has 1 aliphatic rings. The Hall–Kier alpha value is -3.60. The smallest absolute Gasteiger partial charge is 0.287 e. The first-order valence-corrected chi connectivity index (χ1v) is 11.0. The van der Waals surface area contributed by atoms with E-state index in [2.05, 4.69) is 10.2 Å². The normalized spacial score (nSPS) is 14.0. The van der Waals surface area contributed by atoms with Gasteiger partial charge in [-0.05, 0) is 42.5 Å². The highest BCUT2D eigenvalue weighted by Crippen LogP contribution is 2.24. The molecular formula is C24H27N3O7. The predicted molar refractivity (Wildman–Crippen MR) is 122 cm³/mol. The average molecular weight is 469 g/mol. The average Bonchev–Trinajstić information content (AvgIpc) is 3.31. The highest BCUT2D eigenvalue weighted by atomic mass is 16.5. The molecule has 10 nitrogen and oxygen atoms in total. The van der Waals surface area contributed by atoms with E-state index in [1.807, 2.05) is 12.1 Å². The second-order valence-electron chi connectivity index (χ2n) is 7.68. The number of nitrogens with zero attached hydrogens (tertiary/aromatic N) is 1. The number of benzene rings is 2. The first-order valence-electron chi connectivity index (χ1n) is 11.0. The summed E-state index contributed by atoms with van der Waals surface area (Å²) < 4.78 is 22.4. The maximum absolute atomic E-state index is 12.4. The third kappa shape index (κ3) is 6.25. The molecule has 0 atom stereocenters. The molecule has 0 bridgehead atoms. The predicted octanol–water partition coefficient (Wildman–Crippen LogP) is 2.07. The van der Waals surface area contributed by atoms with Gasteiger partial charge in [0.15, 0.2) is 5.76 Å². The number of hydrogen-bond donors (Lipinski definition) is 3. The molecule has 34 heavy (non-hydrogen) atoms. The number of rotatable bonds is 10. The van der Waals surface area contributed by atoms with E-state index in [0.29, 0.717) is 29.3 Å². The first-order chi connectivity index (χ1) is 16.6. The summed E-state index contributed by atoms with van der Waals surface area (Å²) in [7, 11) is 0. The highest BCUT2D eigenvalue weighted by molar-refractivity contribution is 5.96. The molecular weight excluding hydrogens is 442 g/mol. The van der Waals surface area contributed by atoms with Gasteiger partial charge in [-0.15, -0.1) is 0 Å². The van der Waals surface area contributed by atoms with E-state index >= 15 is 0 Å². The monoisotopic (exact) mass is 469 g/mol. The summed E-state index contributed by atoms with van der Waals surface area (Å²) in [6.07, 6.45) is 0. The molecule has 4 rings (SSSR count). The molecule has 2 amide bonds. The Morgan fingerprint density at radius 2 is 1.68 bits per heavy atom. The van der Waals surface area contributed by atoms with Crippen molar-refractivity contribution >= 4 is 22.8 Å². The van der Waals surface area contributed by atoms with Crippen LogP contribution in [0.5, 0.6) is 11.5 Å². The van der Waals surface area contributed by atoms with Crippen LogP contribution in [0.4, 0.5) is 0 Å². The van der Waals surface area contributed by atoms with E-state index in [4.69, 9.17) is 23.8 Å². The van der Waals surface area contributed by atoms with Crippen molar-refractivity contribution in [1.29, 1.82) is 0 Å². The maximum Gasteiger partial charge on any atom is 0.287 e. The van der Waals surface area contributed by atoms with Crippen LogP contribution in [0.3, 0.4) is 0 Å². The lowest BCUT2D eigenvalue weighted by atomic mass is 10.2. The van der Waals surface area contributed by atoms with Crippen molar-refractivity contribution in [3.8, 4) is 11.5 Å². The summed E-state index contributed by atoms with van der Waals surface area (Å²) in [4.78, 5) is 26.0. The Kier molecular flexibility index (Phi) is 7.97. The number of carbonyl (C=O) groups excluding carboxylic acids is 2. The lowest BCUT2D eigenvalue weighted by molar-refractivity contribution is 0.0322. The van der Waals surface area contributed by atoms with E-state index < -0.39 is 5.91 Å². The molecule has 0 aliphatic carbocycles. The van der Waals surface area contributed by atoms with Crippen LogP contribution < -0.4 is 20.3 Å². The lowest BCUT2D eigenvalue weighted by Gasteiger charge is -2.26. The molecule has 0 unspecified atom stereocenters. The number of hydrogen-bond acceptors (Lipinski definition) is 8. The number of ether oxygens (including phenoxy) is 3. The molecule has 0 radical (unpaired) electrons. The van der Waals surface area contributed by atoms with Gasteiger partial charge in [-0.25, -0.2) is 5.48 Å². The van der Waals surface area contributed by atoms with Crippen LogP contribution in [0.25, 0.3) is 11.0 Å². The second kappa shape index (κ2) is 11.5. The van der Waals surface area contributed by atoms with Crippen LogP contribution in [0, 0.1) is 0 Å². The van der Waals surface area contributed by atoms with Gasteiger partial charge >= 0.3 is 0 Å². The molecule has 1 aromatic heterocycles. The molecule has 2 heterocycles. The van der Waals surface area contributed by atoms with Gasteiger partial charge in [0.2, 0.25) is 0 Å². The Balaban J connectivity index is 1.22. The molecule has 1 fully saturated rings. The topological polar surface area (TPSA) is 122 Å². The highest BCUT2D eigenvalue weighted by Gasteiger charge is 2.13. The van der Waals surface area contributed by atoms with Crippen LogP contribution >= 0.6 is 0 Å². The standard InChI is InChI=1S/C24H27N3O7/c28-23(26-30)17-1-4-19(5-2-17)32-11-7-25-24(29)22-15-18-3-6-20(16-21(18)34-22)33-14-10-27-8-12-31-13-9-27/h1-6,15-16,30H,7-14H2,(H,25,29)(H,26,28). The maximum atomic E-state index is 12.4. The van der Waals surface area contributed by atoms with E-state index in [-0.39, 0.29) is 24.8 Å². The Bertz CT molecular complexity index is 1110. The van der Waals surface area contributed by atoms with Crippen LogP contribution in [-0.4, -0.2) is 74.5 Å². The van der Waals surface area contributed by atoms with Gasteiger partial charge in [0.1, 0.15) is 30.3 Å². The van der Waals surface area contributed by atoms with Gasteiger partial charge in [-0.3, -0.25) is 19.7 Å². The third-order valence-corrected chi connectivity index (χ3v) is 5.37. The fourth-order valence-electron chi connectivity index (χ4n) is 3.52. The van der Waals surface area contributed by atoms with Crippen LogP contribution in [0.15, 0.2) is 52.9 Å². The summed E-state index contributed by atoms with van der Waals surface area (Å²) in [6, 6.07) is 13.5. The fraction of sp³-hybridized carbons (Fsp3) is 0.333. The number of nitrogens with one attached hydrogen (secondary N) is 2. The number of morpholine rings is 1. The van der Waals surface area contributed by atoms with E-state index in [9.17, 15) is 9.59 Å². The van der Waals surface area contributed by atoms with Crippen molar-refractivity contribution in [1.82, 2.24) is 15.7 Å². The van der Waals surface area contributed by atoms with E-state index in [0.717, 1.165) is 38.2 Å². The zero-order chi connectivity index (χ0) is 23.8. The molecule has 3 N–H and O–H groups in total. The van der Waals surface area contributed by atoms with Crippen molar-refractivity contribution < 1.29 is 33.4 Å². The molecule has 180 valence electrons. The molecule has 10 heteroatoms. The van der Waals surface area contributed by atoms with Gasteiger partial charge in [0.05, 0.1) is 19.8 Å². The third-order valence-electron chi connectivity index (χ3n) is 5.37. The van der Waals surface area contributed by atoms with Crippen molar-refractivity contribution in [3.05, 3.63) is 59.9 Å². The Labute approximate surface area is 196 Å². The van der Waals surface area contributed by atoms with Crippen molar-refractivity contribution in [3.63, 3.8) is 0 Å². The van der Waals surface area contributed by atoms with Gasteiger partial charge in [-0.2, -0.15) is 0 Å². The minimum atomic E-state index is -0.601. The number of furan rings is 1.